The molecule has 3 heterocycles. The van der Waals surface area contributed by atoms with Crippen molar-refractivity contribution < 1.29 is 22.7 Å². The highest BCUT2D eigenvalue weighted by molar-refractivity contribution is 8.27. The van der Waals surface area contributed by atoms with E-state index in [9.17, 15) is 18.0 Å². The molecule has 32 heavy (non-hydrogen) atoms. The van der Waals surface area contributed by atoms with Crippen LogP contribution in [0.2, 0.25) is 0 Å². The van der Waals surface area contributed by atoms with E-state index in [4.69, 9.17) is 10.1 Å². The minimum atomic E-state index is -4.68. The van der Waals surface area contributed by atoms with Gasteiger partial charge in [-0.25, -0.2) is 0 Å². The number of rotatable bonds is 4. The minimum Gasteiger partial charge on any atom is -0.492 e. The summed E-state index contributed by atoms with van der Waals surface area (Å²) < 4.78 is 46.7. The summed E-state index contributed by atoms with van der Waals surface area (Å²) in [6.07, 6.45) is -3.23. The van der Waals surface area contributed by atoms with Crippen LogP contribution in [0.15, 0.2) is 46.0 Å². The lowest BCUT2D eigenvalue weighted by molar-refractivity contribution is -0.114. The molecule has 11 heteroatoms. The number of nitrogens with zero attached hydrogens (tertiary/aromatic N) is 4. The Kier molecular flexibility index (Phi) is 5.45. The first-order valence-corrected chi connectivity index (χ1v) is 10.4. The Hall–Kier alpha value is -3.34. The van der Waals surface area contributed by atoms with Gasteiger partial charge in [-0.15, -0.1) is 0 Å². The summed E-state index contributed by atoms with van der Waals surface area (Å²) >= 11 is 0.225. The van der Waals surface area contributed by atoms with Gasteiger partial charge in [-0.3, -0.25) is 10.2 Å². The van der Waals surface area contributed by atoms with Crippen molar-refractivity contribution in [1.82, 2.24) is 9.58 Å². The van der Waals surface area contributed by atoms with E-state index in [2.05, 4.69) is 10.1 Å². The Morgan fingerprint density at radius 2 is 1.97 bits per heavy atom. The molecule has 0 fully saturated rings. The zero-order valence-electron chi connectivity index (χ0n) is 17.3. The Morgan fingerprint density at radius 3 is 2.66 bits per heavy atom. The molecule has 0 aliphatic carbocycles. The molecular formula is C21H18F3N5O2S. The van der Waals surface area contributed by atoms with E-state index in [0.717, 1.165) is 22.1 Å². The lowest BCUT2D eigenvalue weighted by atomic mass is 10.1. The largest absolute Gasteiger partial charge is 0.492 e. The first-order chi connectivity index (χ1) is 15.1. The Labute approximate surface area is 185 Å². The van der Waals surface area contributed by atoms with Crippen LogP contribution < -0.4 is 4.74 Å². The fraction of sp³-hybridized carbons (Fsp3) is 0.238. The number of ether oxygens (including phenoxy) is 1. The van der Waals surface area contributed by atoms with Crippen molar-refractivity contribution in [3.05, 3.63) is 52.9 Å². The Bertz CT molecular complexity index is 1230. The number of hydrazone groups is 1. The van der Waals surface area contributed by atoms with Gasteiger partial charge in [0.05, 0.1) is 17.9 Å². The highest BCUT2D eigenvalue weighted by atomic mass is 32.2. The van der Waals surface area contributed by atoms with Gasteiger partial charge >= 0.3 is 6.18 Å². The average Bonchev–Trinajstić information content (AvgIpc) is 3.27. The summed E-state index contributed by atoms with van der Waals surface area (Å²) in [6, 6.07) is 9.34. The monoisotopic (exact) mass is 461 g/mol. The number of carbonyl (C=O) groups excluding carboxylic acids is 1. The van der Waals surface area contributed by atoms with Gasteiger partial charge in [-0.05, 0) is 62.4 Å². The number of hydrogen-bond donors (Lipinski definition) is 1. The summed E-state index contributed by atoms with van der Waals surface area (Å²) in [5.41, 5.74) is 2.93. The molecule has 0 atom stereocenters. The zero-order chi connectivity index (χ0) is 23.2. The maximum absolute atomic E-state index is 13.0. The van der Waals surface area contributed by atoms with E-state index in [-0.39, 0.29) is 22.5 Å². The topological polar surface area (TPSA) is 83.0 Å². The average molecular weight is 461 g/mol. The highest BCUT2D eigenvalue weighted by Gasteiger charge is 2.46. The lowest BCUT2D eigenvalue weighted by Crippen LogP contribution is -2.35. The molecule has 0 saturated heterocycles. The summed E-state index contributed by atoms with van der Waals surface area (Å²) in [6.45, 7) is 6.12. The fourth-order valence-electron chi connectivity index (χ4n) is 3.49. The summed E-state index contributed by atoms with van der Waals surface area (Å²) in [7, 11) is 0. The summed E-state index contributed by atoms with van der Waals surface area (Å²) in [5.74, 6) is -0.548. The number of amidine groups is 2. The number of para-hydroxylation sites is 2. The van der Waals surface area contributed by atoms with Gasteiger partial charge in [0.1, 0.15) is 5.75 Å². The van der Waals surface area contributed by atoms with E-state index in [1.165, 1.54) is 6.08 Å². The number of aryl methyl sites for hydroxylation is 1. The van der Waals surface area contributed by atoms with E-state index in [1.807, 2.05) is 55.7 Å². The molecule has 0 spiro atoms. The third-order valence-corrected chi connectivity index (χ3v) is 5.83. The zero-order valence-corrected chi connectivity index (χ0v) is 18.1. The van der Waals surface area contributed by atoms with E-state index >= 15 is 0 Å². The number of alkyl halides is 3. The van der Waals surface area contributed by atoms with Gasteiger partial charge in [0.2, 0.25) is 10.2 Å². The number of thioether (sulfide) groups is 1. The molecule has 2 aromatic rings. The van der Waals surface area contributed by atoms with Gasteiger partial charge < -0.3 is 9.30 Å². The Balaban J connectivity index is 1.75. The number of aliphatic imine (C=N–C) groups is 1. The van der Waals surface area contributed by atoms with E-state index < -0.39 is 23.0 Å². The molecule has 1 N–H and O–H groups in total. The van der Waals surface area contributed by atoms with Crippen molar-refractivity contribution in [1.29, 1.82) is 5.41 Å². The number of nitrogens with one attached hydrogen (secondary N) is 1. The first-order valence-electron chi connectivity index (χ1n) is 9.60. The van der Waals surface area contributed by atoms with Gasteiger partial charge in [0.25, 0.3) is 5.91 Å². The highest BCUT2D eigenvalue weighted by Crippen LogP contribution is 2.36. The fourth-order valence-corrected chi connectivity index (χ4v) is 4.24. The number of amides is 1. The smallest absolute Gasteiger partial charge is 0.441 e. The summed E-state index contributed by atoms with van der Waals surface area (Å²) in [4.78, 5) is 16.2. The van der Waals surface area contributed by atoms with Crippen molar-refractivity contribution in [2.75, 3.05) is 6.61 Å². The van der Waals surface area contributed by atoms with Crippen molar-refractivity contribution >= 4 is 39.8 Å². The van der Waals surface area contributed by atoms with Crippen molar-refractivity contribution in [3.8, 4) is 11.4 Å². The van der Waals surface area contributed by atoms with Crippen LogP contribution in [-0.4, -0.2) is 44.3 Å². The second kappa shape index (κ2) is 7.97. The van der Waals surface area contributed by atoms with Crippen molar-refractivity contribution in [2.45, 2.75) is 26.9 Å². The van der Waals surface area contributed by atoms with E-state index in [1.54, 1.807) is 0 Å². The van der Waals surface area contributed by atoms with Crippen LogP contribution in [0.5, 0.6) is 5.75 Å². The number of aromatic nitrogens is 1. The number of halogens is 3. The van der Waals surface area contributed by atoms with Crippen LogP contribution in [0.3, 0.4) is 0 Å². The Morgan fingerprint density at radius 1 is 1.25 bits per heavy atom. The third kappa shape index (κ3) is 3.72. The molecule has 4 rings (SSSR count). The van der Waals surface area contributed by atoms with Crippen LogP contribution in [0, 0.1) is 19.3 Å². The molecule has 0 bridgehead atoms. The maximum atomic E-state index is 13.0. The van der Waals surface area contributed by atoms with Gasteiger partial charge in [0, 0.05) is 11.4 Å². The van der Waals surface area contributed by atoms with Crippen LogP contribution in [0.25, 0.3) is 11.8 Å². The predicted molar refractivity (Wildman–Crippen MR) is 117 cm³/mol. The van der Waals surface area contributed by atoms with Gasteiger partial charge in [-0.1, -0.05) is 12.1 Å². The molecule has 2 aliphatic rings. The molecule has 0 unspecified atom stereocenters. The SMILES string of the molecule is CCOc1ccccc1-n1c(C)cc(/C=C2\C(=N)N3N=C(C(F)(F)F)SC3=NC2=O)c1C. The summed E-state index contributed by atoms with van der Waals surface area (Å²) in [5, 5.41) is 11.0. The van der Waals surface area contributed by atoms with Crippen LogP contribution in [0.1, 0.15) is 23.9 Å². The van der Waals surface area contributed by atoms with Crippen molar-refractivity contribution in [2.24, 2.45) is 10.1 Å². The van der Waals surface area contributed by atoms with Crippen LogP contribution in [-0.2, 0) is 4.79 Å². The van der Waals surface area contributed by atoms with Crippen LogP contribution >= 0.6 is 11.8 Å². The van der Waals surface area contributed by atoms with Crippen molar-refractivity contribution in [3.63, 3.8) is 0 Å². The number of fused-ring (bicyclic) bond motifs is 1. The molecule has 1 aromatic carbocycles. The predicted octanol–water partition coefficient (Wildman–Crippen LogP) is 4.67. The standard InChI is InChI=1S/C21H18F3N5O2S/c1-4-31-16-8-6-5-7-15(16)28-11(2)9-13(12(28)3)10-14-17(25)29-20(26-18(14)30)32-19(27-29)21(22,23)24/h5-10,25H,4H2,1-3H3/b14-10+,25-17?. The van der Waals surface area contributed by atoms with E-state index in [0.29, 0.717) is 17.9 Å². The molecule has 0 radical (unpaired) electrons. The number of hydrogen-bond acceptors (Lipinski definition) is 5. The lowest BCUT2D eigenvalue weighted by Gasteiger charge is -2.20. The number of benzene rings is 1. The third-order valence-electron chi connectivity index (χ3n) is 4.87. The molecule has 1 amide bonds. The van der Waals surface area contributed by atoms with Gasteiger partial charge in [-0.2, -0.15) is 28.3 Å². The second-order valence-corrected chi connectivity index (χ2v) is 7.94. The molecular weight excluding hydrogens is 443 g/mol. The molecule has 7 nitrogen and oxygen atoms in total. The number of carbonyl (C=O) groups is 1. The normalized spacial score (nSPS) is 17.6. The van der Waals surface area contributed by atoms with Crippen LogP contribution in [0.4, 0.5) is 13.2 Å². The molecule has 166 valence electrons. The first kappa shape index (κ1) is 21.9. The molecule has 2 aliphatic heterocycles. The molecule has 0 saturated carbocycles. The second-order valence-electron chi connectivity index (χ2n) is 6.99. The van der Waals surface area contributed by atoms with Gasteiger partial charge in [0.15, 0.2) is 5.84 Å². The minimum absolute atomic E-state index is 0.139. The quantitative estimate of drug-likeness (QED) is 0.671. The molecule has 1 aromatic heterocycles. The maximum Gasteiger partial charge on any atom is 0.441 e.